The number of carbonyl (C=O) groups excluding carboxylic acids is 2. The van der Waals surface area contributed by atoms with E-state index in [-0.39, 0.29) is 18.9 Å². The van der Waals surface area contributed by atoms with Gasteiger partial charge < -0.3 is 25.4 Å². The summed E-state index contributed by atoms with van der Waals surface area (Å²) in [4.78, 5) is 24.7. The molecular weight excluding hydrogens is 374 g/mol. The monoisotopic (exact) mass is 403 g/mol. The number of esters is 1. The lowest BCUT2D eigenvalue weighted by Crippen LogP contribution is -2.68. The molecule has 0 bridgehead atoms. The van der Waals surface area contributed by atoms with E-state index in [9.17, 15) is 24.9 Å². The van der Waals surface area contributed by atoms with E-state index in [0.29, 0.717) is 12.0 Å². The Labute approximate surface area is 170 Å². The minimum Gasteiger partial charge on any atom is -0.462 e. The van der Waals surface area contributed by atoms with Crippen LogP contribution in [0.3, 0.4) is 0 Å². The molecule has 0 saturated carbocycles. The minimum atomic E-state index is -1.72. The first-order valence-corrected chi connectivity index (χ1v) is 10.1. The molecule has 0 aromatic heterocycles. The second-order valence-electron chi connectivity index (χ2n) is 8.08. The number of amides is 1. The van der Waals surface area contributed by atoms with Gasteiger partial charge in [0.25, 0.3) is 0 Å². The number of hydrogen-bond donors (Lipinski definition) is 4. The molecule has 4 N–H and O–H groups in total. The highest BCUT2D eigenvalue weighted by molar-refractivity contribution is 5.89. The number of ether oxygens (including phenoxy) is 1. The lowest BCUT2D eigenvalue weighted by Gasteiger charge is -2.45. The summed E-state index contributed by atoms with van der Waals surface area (Å²) >= 11 is 0. The van der Waals surface area contributed by atoms with Crippen molar-refractivity contribution in [1.82, 2.24) is 5.32 Å². The standard InChI is InChI=1S/C22H29NO6/c1-21(28)17(12-13-29-20(27)16-10-6-3-7-11-16)19(26)23-22(21,14-24)18(25)15-8-4-2-5-9-15/h3-4,6-8,10-11,15,17-18,24-25,28H,2,5,9,12-14H2,1H3,(H,23,26)/t15-,17+,18-,21+,22-/m1/s1. The van der Waals surface area contributed by atoms with Crippen molar-refractivity contribution in [3.05, 3.63) is 48.0 Å². The highest BCUT2D eigenvalue weighted by Crippen LogP contribution is 2.43. The highest BCUT2D eigenvalue weighted by Gasteiger charge is 2.64. The molecule has 1 amide bonds. The minimum absolute atomic E-state index is 0.0666. The predicted octanol–water partition coefficient (Wildman–Crippen LogP) is 1.18. The van der Waals surface area contributed by atoms with Gasteiger partial charge in [-0.2, -0.15) is 0 Å². The smallest absolute Gasteiger partial charge is 0.338 e. The van der Waals surface area contributed by atoms with Crippen molar-refractivity contribution in [2.24, 2.45) is 11.8 Å². The molecule has 0 unspecified atom stereocenters. The molecule has 5 atom stereocenters. The summed E-state index contributed by atoms with van der Waals surface area (Å²) in [6, 6.07) is 8.50. The maximum Gasteiger partial charge on any atom is 0.338 e. The van der Waals surface area contributed by atoms with E-state index in [1.54, 1.807) is 30.3 Å². The first-order chi connectivity index (χ1) is 13.8. The van der Waals surface area contributed by atoms with E-state index in [1.807, 2.05) is 12.2 Å². The lowest BCUT2D eigenvalue weighted by molar-refractivity contribution is -0.129. The SMILES string of the molecule is C[C@]1(O)[C@@H](CCOC(=O)c2ccccc2)C(=O)N[C@]1(CO)[C@H](O)[C@@H]1C=CCCC1. The van der Waals surface area contributed by atoms with Crippen LogP contribution in [-0.2, 0) is 9.53 Å². The van der Waals surface area contributed by atoms with E-state index < -0.39 is 41.6 Å². The number of aliphatic hydroxyl groups excluding tert-OH is 2. The summed E-state index contributed by atoms with van der Waals surface area (Å²) in [5.41, 5.74) is -2.90. The largest absolute Gasteiger partial charge is 0.462 e. The van der Waals surface area contributed by atoms with Crippen LogP contribution in [0.2, 0.25) is 0 Å². The third-order valence-electron chi connectivity index (χ3n) is 6.35. The van der Waals surface area contributed by atoms with Crippen molar-refractivity contribution in [3.8, 4) is 0 Å². The number of hydrogen-bond acceptors (Lipinski definition) is 6. The maximum absolute atomic E-state index is 12.6. The summed E-state index contributed by atoms with van der Waals surface area (Å²) < 4.78 is 5.24. The molecule has 7 heteroatoms. The van der Waals surface area contributed by atoms with Crippen LogP contribution in [-0.4, -0.2) is 57.7 Å². The van der Waals surface area contributed by atoms with Gasteiger partial charge in [0.05, 0.1) is 30.8 Å². The highest BCUT2D eigenvalue weighted by atomic mass is 16.5. The normalized spacial score (nSPS) is 32.6. The second kappa shape index (κ2) is 8.65. The van der Waals surface area contributed by atoms with Gasteiger partial charge in [0.15, 0.2) is 0 Å². The molecular formula is C22H29NO6. The molecule has 1 aromatic rings. The Kier molecular flexibility index (Phi) is 6.41. The zero-order valence-electron chi connectivity index (χ0n) is 16.6. The van der Waals surface area contributed by atoms with Crippen LogP contribution in [0.5, 0.6) is 0 Å². The van der Waals surface area contributed by atoms with Crippen molar-refractivity contribution in [3.63, 3.8) is 0 Å². The molecule has 1 fully saturated rings. The average molecular weight is 403 g/mol. The number of nitrogens with one attached hydrogen (secondary N) is 1. The third-order valence-corrected chi connectivity index (χ3v) is 6.35. The van der Waals surface area contributed by atoms with Gasteiger partial charge in [0.1, 0.15) is 11.1 Å². The molecule has 158 valence electrons. The number of carbonyl (C=O) groups is 2. The van der Waals surface area contributed by atoms with E-state index in [4.69, 9.17) is 4.74 Å². The Morgan fingerprint density at radius 3 is 2.69 bits per heavy atom. The van der Waals surface area contributed by atoms with Gasteiger partial charge in [-0.15, -0.1) is 0 Å². The van der Waals surface area contributed by atoms with Crippen LogP contribution in [0.4, 0.5) is 0 Å². The Balaban J connectivity index is 1.70. The molecule has 1 aromatic carbocycles. The van der Waals surface area contributed by atoms with Crippen molar-refractivity contribution in [2.75, 3.05) is 13.2 Å². The molecule has 0 radical (unpaired) electrons. The van der Waals surface area contributed by atoms with Gasteiger partial charge in [-0.05, 0) is 44.7 Å². The quantitative estimate of drug-likeness (QED) is 0.401. The van der Waals surface area contributed by atoms with Gasteiger partial charge in [-0.25, -0.2) is 4.79 Å². The topological polar surface area (TPSA) is 116 Å². The van der Waals surface area contributed by atoms with Gasteiger partial charge in [-0.1, -0.05) is 30.4 Å². The zero-order chi connectivity index (χ0) is 21.1. The Morgan fingerprint density at radius 2 is 2.07 bits per heavy atom. The molecule has 0 spiro atoms. The zero-order valence-corrected chi connectivity index (χ0v) is 16.6. The summed E-state index contributed by atoms with van der Waals surface area (Å²) in [7, 11) is 0. The third kappa shape index (κ3) is 3.95. The van der Waals surface area contributed by atoms with Crippen molar-refractivity contribution in [2.45, 2.75) is 49.9 Å². The fourth-order valence-corrected chi connectivity index (χ4v) is 4.47. The first kappa shape index (κ1) is 21.5. The molecule has 1 aliphatic heterocycles. The maximum atomic E-state index is 12.6. The number of allylic oxidation sites excluding steroid dienone is 1. The van der Waals surface area contributed by atoms with Crippen LogP contribution in [0.15, 0.2) is 42.5 Å². The second-order valence-corrected chi connectivity index (χ2v) is 8.08. The average Bonchev–Trinajstić information content (AvgIpc) is 2.94. The van der Waals surface area contributed by atoms with E-state index in [0.717, 1.165) is 12.8 Å². The van der Waals surface area contributed by atoms with Crippen LogP contribution >= 0.6 is 0 Å². The van der Waals surface area contributed by atoms with Crippen LogP contribution in [0, 0.1) is 11.8 Å². The Bertz CT molecular complexity index is 762. The number of rotatable bonds is 7. The number of aliphatic hydroxyl groups is 3. The fourth-order valence-electron chi connectivity index (χ4n) is 4.47. The molecule has 7 nitrogen and oxygen atoms in total. The van der Waals surface area contributed by atoms with E-state index in [1.165, 1.54) is 6.92 Å². The van der Waals surface area contributed by atoms with Crippen molar-refractivity contribution >= 4 is 11.9 Å². The first-order valence-electron chi connectivity index (χ1n) is 10.1. The van der Waals surface area contributed by atoms with Gasteiger partial charge in [0, 0.05) is 5.92 Å². The predicted molar refractivity (Wildman–Crippen MR) is 106 cm³/mol. The summed E-state index contributed by atoms with van der Waals surface area (Å²) in [5, 5.41) is 35.0. The van der Waals surface area contributed by atoms with Crippen molar-refractivity contribution < 1.29 is 29.6 Å². The Morgan fingerprint density at radius 1 is 1.34 bits per heavy atom. The molecule has 29 heavy (non-hydrogen) atoms. The molecule has 3 rings (SSSR count). The van der Waals surface area contributed by atoms with Gasteiger partial charge in [0.2, 0.25) is 5.91 Å². The van der Waals surface area contributed by atoms with E-state index in [2.05, 4.69) is 5.32 Å². The van der Waals surface area contributed by atoms with Crippen LogP contribution in [0.25, 0.3) is 0 Å². The molecule has 2 aliphatic rings. The van der Waals surface area contributed by atoms with Gasteiger partial charge >= 0.3 is 5.97 Å². The molecule has 1 heterocycles. The molecule has 1 aliphatic carbocycles. The summed E-state index contributed by atoms with van der Waals surface area (Å²) in [5.74, 6) is -2.18. The lowest BCUT2D eigenvalue weighted by atomic mass is 9.68. The van der Waals surface area contributed by atoms with E-state index >= 15 is 0 Å². The fraction of sp³-hybridized carbons (Fsp3) is 0.545. The summed E-state index contributed by atoms with van der Waals surface area (Å²) in [6.45, 7) is 0.779. The molecule has 1 saturated heterocycles. The van der Waals surface area contributed by atoms with Gasteiger partial charge in [-0.3, -0.25) is 4.79 Å². The number of benzene rings is 1. The van der Waals surface area contributed by atoms with Crippen LogP contribution < -0.4 is 5.32 Å². The summed E-state index contributed by atoms with van der Waals surface area (Å²) in [6.07, 6.45) is 5.32. The Hall–Kier alpha value is -2.22. The van der Waals surface area contributed by atoms with Crippen molar-refractivity contribution in [1.29, 1.82) is 0 Å². The van der Waals surface area contributed by atoms with Crippen LogP contribution in [0.1, 0.15) is 43.0 Å².